The van der Waals surface area contributed by atoms with Crippen LogP contribution in [0.25, 0.3) is 0 Å². The largest absolute Gasteiger partial charge is 0.350 e. The fraction of sp³-hybridized carbons (Fsp3) is 0.385. The van der Waals surface area contributed by atoms with Crippen LogP contribution in [0.1, 0.15) is 17.9 Å². The monoisotopic (exact) mass is 266 g/mol. The molecule has 0 spiro atoms. The van der Waals surface area contributed by atoms with E-state index in [-0.39, 0.29) is 17.9 Å². The molecule has 4 nitrogen and oxygen atoms in total. The van der Waals surface area contributed by atoms with Gasteiger partial charge < -0.3 is 10.2 Å². The maximum Gasteiger partial charge on any atom is 0.245 e. The Kier molecular flexibility index (Phi) is 3.87. The summed E-state index contributed by atoms with van der Waals surface area (Å²) in [6.45, 7) is 2.54. The lowest BCUT2D eigenvalue weighted by atomic mass is 10.1. The van der Waals surface area contributed by atoms with E-state index in [1.54, 1.807) is 4.90 Å². The number of benzene rings is 1. The first-order chi connectivity index (χ1) is 8.58. The first-order valence-electron chi connectivity index (χ1n) is 5.83. The topological polar surface area (TPSA) is 49.4 Å². The fourth-order valence-electron chi connectivity index (χ4n) is 1.96. The molecule has 1 heterocycles. The predicted octanol–water partition coefficient (Wildman–Crippen LogP) is 1.31. The van der Waals surface area contributed by atoms with E-state index in [1.807, 2.05) is 30.3 Å². The van der Waals surface area contributed by atoms with Gasteiger partial charge in [-0.1, -0.05) is 30.3 Å². The highest BCUT2D eigenvalue weighted by atomic mass is 35.5. The zero-order valence-corrected chi connectivity index (χ0v) is 10.9. The van der Waals surface area contributed by atoms with Crippen LogP contribution < -0.4 is 5.32 Å². The Morgan fingerprint density at radius 1 is 1.33 bits per heavy atom. The van der Waals surface area contributed by atoms with Crippen LogP contribution in [-0.4, -0.2) is 35.8 Å². The SMILES string of the molecule is CC(=O)NC1CN(C(=O)C(Cl)c2ccccc2)C1. The van der Waals surface area contributed by atoms with Crippen molar-refractivity contribution in [3.05, 3.63) is 35.9 Å². The van der Waals surface area contributed by atoms with Gasteiger partial charge in [-0.05, 0) is 5.56 Å². The summed E-state index contributed by atoms with van der Waals surface area (Å²) in [7, 11) is 0. The van der Waals surface area contributed by atoms with Crippen molar-refractivity contribution < 1.29 is 9.59 Å². The first-order valence-corrected chi connectivity index (χ1v) is 6.26. The predicted molar refractivity (Wildman–Crippen MR) is 69.2 cm³/mol. The average Bonchev–Trinajstić information content (AvgIpc) is 2.32. The summed E-state index contributed by atoms with van der Waals surface area (Å²) in [6.07, 6.45) is 0. The second-order valence-electron chi connectivity index (χ2n) is 4.41. The minimum atomic E-state index is -0.649. The zero-order chi connectivity index (χ0) is 13.1. The van der Waals surface area contributed by atoms with E-state index in [4.69, 9.17) is 11.6 Å². The van der Waals surface area contributed by atoms with Crippen LogP contribution in [0, 0.1) is 0 Å². The van der Waals surface area contributed by atoms with Gasteiger partial charge in [0.1, 0.15) is 5.38 Å². The minimum absolute atomic E-state index is 0.0612. The quantitative estimate of drug-likeness (QED) is 0.839. The number of amides is 2. The molecule has 1 aromatic carbocycles. The molecule has 0 bridgehead atoms. The van der Waals surface area contributed by atoms with E-state index >= 15 is 0 Å². The number of nitrogens with zero attached hydrogens (tertiary/aromatic N) is 1. The Balaban J connectivity index is 1.88. The molecule has 5 heteroatoms. The number of hydrogen-bond acceptors (Lipinski definition) is 2. The van der Waals surface area contributed by atoms with Gasteiger partial charge in [0.15, 0.2) is 0 Å². The molecule has 1 unspecified atom stereocenters. The van der Waals surface area contributed by atoms with Crippen LogP contribution >= 0.6 is 11.6 Å². The van der Waals surface area contributed by atoms with Crippen molar-refractivity contribution in [1.29, 1.82) is 0 Å². The van der Waals surface area contributed by atoms with E-state index in [2.05, 4.69) is 5.32 Å². The molecule has 0 aliphatic carbocycles. The van der Waals surface area contributed by atoms with Gasteiger partial charge in [0, 0.05) is 20.0 Å². The molecule has 0 radical (unpaired) electrons. The number of rotatable bonds is 3. The molecule has 1 atom stereocenters. The van der Waals surface area contributed by atoms with E-state index in [9.17, 15) is 9.59 Å². The summed E-state index contributed by atoms with van der Waals surface area (Å²) >= 11 is 6.14. The molecule has 18 heavy (non-hydrogen) atoms. The number of halogens is 1. The van der Waals surface area contributed by atoms with Crippen molar-refractivity contribution >= 4 is 23.4 Å². The van der Waals surface area contributed by atoms with Crippen LogP contribution in [-0.2, 0) is 9.59 Å². The van der Waals surface area contributed by atoms with Crippen LogP contribution in [0.2, 0.25) is 0 Å². The molecule has 0 saturated carbocycles. The van der Waals surface area contributed by atoms with Crippen molar-refractivity contribution in [2.45, 2.75) is 18.3 Å². The second-order valence-corrected chi connectivity index (χ2v) is 4.85. The minimum Gasteiger partial charge on any atom is -0.350 e. The van der Waals surface area contributed by atoms with Crippen LogP contribution in [0.15, 0.2) is 30.3 Å². The zero-order valence-electron chi connectivity index (χ0n) is 10.1. The Labute approximate surface area is 111 Å². The third-order valence-electron chi connectivity index (χ3n) is 2.91. The normalized spacial score (nSPS) is 16.9. The van der Waals surface area contributed by atoms with E-state index < -0.39 is 5.38 Å². The molecular weight excluding hydrogens is 252 g/mol. The van der Waals surface area contributed by atoms with Crippen molar-refractivity contribution in [1.82, 2.24) is 10.2 Å². The van der Waals surface area contributed by atoms with Gasteiger partial charge in [-0.25, -0.2) is 0 Å². The van der Waals surface area contributed by atoms with Crippen LogP contribution in [0.3, 0.4) is 0 Å². The molecule has 96 valence electrons. The maximum atomic E-state index is 12.0. The van der Waals surface area contributed by atoms with Crippen molar-refractivity contribution in [2.75, 3.05) is 13.1 Å². The average molecular weight is 267 g/mol. The Bertz CT molecular complexity index is 444. The van der Waals surface area contributed by atoms with Crippen molar-refractivity contribution in [2.24, 2.45) is 0 Å². The Morgan fingerprint density at radius 3 is 2.50 bits per heavy atom. The molecule has 1 aromatic rings. The highest BCUT2D eigenvalue weighted by Gasteiger charge is 2.34. The van der Waals surface area contributed by atoms with Gasteiger partial charge in [-0.15, -0.1) is 11.6 Å². The molecule has 2 rings (SSSR count). The number of hydrogen-bond donors (Lipinski definition) is 1. The van der Waals surface area contributed by atoms with E-state index in [0.717, 1.165) is 5.56 Å². The van der Waals surface area contributed by atoms with Gasteiger partial charge >= 0.3 is 0 Å². The molecule has 1 aliphatic heterocycles. The summed E-state index contributed by atoms with van der Waals surface area (Å²) in [5.74, 6) is -0.179. The molecule has 2 amide bonds. The van der Waals surface area contributed by atoms with Crippen LogP contribution in [0.4, 0.5) is 0 Å². The summed E-state index contributed by atoms with van der Waals surface area (Å²) in [4.78, 5) is 24.5. The summed E-state index contributed by atoms with van der Waals surface area (Å²) in [5, 5.41) is 2.12. The maximum absolute atomic E-state index is 12.0. The number of carbonyl (C=O) groups excluding carboxylic acids is 2. The number of alkyl halides is 1. The lowest BCUT2D eigenvalue weighted by Crippen LogP contribution is -2.61. The van der Waals surface area contributed by atoms with Crippen molar-refractivity contribution in [3.8, 4) is 0 Å². The van der Waals surface area contributed by atoms with Crippen LogP contribution in [0.5, 0.6) is 0 Å². The Hall–Kier alpha value is -1.55. The van der Waals surface area contributed by atoms with E-state index in [0.29, 0.717) is 13.1 Å². The highest BCUT2D eigenvalue weighted by molar-refractivity contribution is 6.30. The summed E-state index contributed by atoms with van der Waals surface area (Å²) in [6, 6.07) is 9.32. The molecule has 1 N–H and O–H groups in total. The highest BCUT2D eigenvalue weighted by Crippen LogP contribution is 2.25. The lowest BCUT2D eigenvalue weighted by Gasteiger charge is -2.40. The van der Waals surface area contributed by atoms with Gasteiger partial charge in [-0.2, -0.15) is 0 Å². The molecule has 1 aliphatic rings. The molecular formula is C13H15ClN2O2. The lowest BCUT2D eigenvalue weighted by molar-refractivity contribution is -0.137. The first kappa shape index (κ1) is 12.9. The number of nitrogens with one attached hydrogen (secondary N) is 1. The van der Waals surface area contributed by atoms with Crippen molar-refractivity contribution in [3.63, 3.8) is 0 Å². The Morgan fingerprint density at radius 2 is 1.94 bits per heavy atom. The molecule has 0 aromatic heterocycles. The third-order valence-corrected chi connectivity index (χ3v) is 3.35. The summed E-state index contributed by atoms with van der Waals surface area (Å²) < 4.78 is 0. The van der Waals surface area contributed by atoms with E-state index in [1.165, 1.54) is 6.92 Å². The number of carbonyl (C=O) groups is 2. The third kappa shape index (κ3) is 2.82. The van der Waals surface area contributed by atoms with Gasteiger partial charge in [0.2, 0.25) is 11.8 Å². The fourth-order valence-corrected chi connectivity index (χ4v) is 2.25. The number of likely N-dealkylation sites (tertiary alicyclic amines) is 1. The smallest absolute Gasteiger partial charge is 0.245 e. The van der Waals surface area contributed by atoms with Gasteiger partial charge in [0.25, 0.3) is 0 Å². The standard InChI is InChI=1S/C13H15ClN2O2/c1-9(17)15-11-7-16(8-11)13(18)12(14)10-5-3-2-4-6-10/h2-6,11-12H,7-8H2,1H3,(H,15,17). The summed E-state index contributed by atoms with van der Waals surface area (Å²) in [5.41, 5.74) is 0.798. The molecule has 1 fully saturated rings. The molecule has 1 saturated heterocycles. The second kappa shape index (κ2) is 5.40. The van der Waals surface area contributed by atoms with Gasteiger partial charge in [0.05, 0.1) is 6.04 Å². The van der Waals surface area contributed by atoms with Gasteiger partial charge in [-0.3, -0.25) is 9.59 Å².